The Labute approximate surface area is 197 Å². The van der Waals surface area contributed by atoms with Gasteiger partial charge in [-0.05, 0) is 49.1 Å². The highest BCUT2D eigenvalue weighted by atomic mass is 19.1. The number of amides is 5. The predicted molar refractivity (Wildman–Crippen MR) is 125 cm³/mol. The van der Waals surface area contributed by atoms with E-state index in [0.717, 1.165) is 22.4 Å². The van der Waals surface area contributed by atoms with Crippen molar-refractivity contribution in [1.82, 2.24) is 15.5 Å². The summed E-state index contributed by atoms with van der Waals surface area (Å²) in [5.41, 5.74) is 1.56. The van der Waals surface area contributed by atoms with E-state index in [1.54, 1.807) is 0 Å². The lowest BCUT2D eigenvalue weighted by molar-refractivity contribution is -0.135. The molecule has 1 unspecified atom stereocenters. The lowest BCUT2D eigenvalue weighted by Gasteiger charge is -2.27. The van der Waals surface area contributed by atoms with Crippen LogP contribution in [0.15, 0.2) is 42.5 Å². The second kappa shape index (κ2) is 10.5. The molecule has 3 N–H and O–H groups in total. The third-order valence-corrected chi connectivity index (χ3v) is 5.91. The molecule has 34 heavy (non-hydrogen) atoms. The van der Waals surface area contributed by atoms with Crippen molar-refractivity contribution in [2.45, 2.75) is 45.6 Å². The number of rotatable bonds is 9. The van der Waals surface area contributed by atoms with Gasteiger partial charge in [0.15, 0.2) is 0 Å². The van der Waals surface area contributed by atoms with Crippen LogP contribution in [0.2, 0.25) is 0 Å². The molecule has 2 aromatic rings. The first kappa shape index (κ1) is 24.9. The summed E-state index contributed by atoms with van der Waals surface area (Å²) < 4.78 is 13.4. The van der Waals surface area contributed by atoms with E-state index in [1.807, 2.05) is 39.0 Å². The molecule has 1 fully saturated rings. The van der Waals surface area contributed by atoms with E-state index < -0.39 is 41.7 Å². The molecule has 2 aromatic carbocycles. The molecule has 1 aliphatic heterocycles. The summed E-state index contributed by atoms with van der Waals surface area (Å²) in [6.07, 6.45) is 1.74. The van der Waals surface area contributed by atoms with Gasteiger partial charge in [-0.15, -0.1) is 0 Å². The molecular weight excluding hydrogens is 439 g/mol. The highest BCUT2D eigenvalue weighted by Crippen LogP contribution is 2.34. The smallest absolute Gasteiger partial charge is 0.325 e. The van der Waals surface area contributed by atoms with Gasteiger partial charge in [0.25, 0.3) is 5.91 Å². The summed E-state index contributed by atoms with van der Waals surface area (Å²) in [6, 6.07) is 10.3. The van der Waals surface area contributed by atoms with E-state index in [-0.39, 0.29) is 6.54 Å². The zero-order valence-electron chi connectivity index (χ0n) is 19.5. The maximum Gasteiger partial charge on any atom is 0.325 e. The maximum atomic E-state index is 13.4. The van der Waals surface area contributed by atoms with Crippen molar-refractivity contribution >= 4 is 29.4 Å². The van der Waals surface area contributed by atoms with Gasteiger partial charge in [0.1, 0.15) is 17.9 Å². The summed E-state index contributed by atoms with van der Waals surface area (Å²) in [4.78, 5) is 51.6. The molecule has 0 bridgehead atoms. The third kappa shape index (κ3) is 5.24. The van der Waals surface area contributed by atoms with Crippen molar-refractivity contribution in [1.29, 1.82) is 0 Å². The van der Waals surface area contributed by atoms with Gasteiger partial charge in [-0.25, -0.2) is 9.18 Å². The summed E-state index contributed by atoms with van der Waals surface area (Å²) in [6.45, 7) is 4.84. The number of unbranched alkanes of at least 4 members (excludes halogenated alkanes) is 1. The third-order valence-electron chi connectivity index (χ3n) is 5.91. The normalized spacial score (nSPS) is 17.5. The van der Waals surface area contributed by atoms with Crippen molar-refractivity contribution in [3.63, 3.8) is 0 Å². The largest absolute Gasteiger partial charge is 0.345 e. The van der Waals surface area contributed by atoms with Crippen LogP contribution in [-0.4, -0.2) is 41.7 Å². The second-order valence-corrected chi connectivity index (χ2v) is 8.43. The summed E-state index contributed by atoms with van der Waals surface area (Å²) >= 11 is 0. The first-order valence-corrected chi connectivity index (χ1v) is 11.2. The van der Waals surface area contributed by atoms with Crippen LogP contribution < -0.4 is 16.0 Å². The van der Waals surface area contributed by atoms with Crippen molar-refractivity contribution < 1.29 is 23.6 Å². The Morgan fingerprint density at radius 2 is 1.68 bits per heavy atom. The molecule has 5 amide bonds. The van der Waals surface area contributed by atoms with Crippen LogP contribution in [0, 0.1) is 19.7 Å². The van der Waals surface area contributed by atoms with Gasteiger partial charge in [-0.1, -0.05) is 50.1 Å². The number of para-hydroxylation sites is 1. The summed E-state index contributed by atoms with van der Waals surface area (Å²) in [5.74, 6) is -2.11. The topological polar surface area (TPSA) is 108 Å². The number of nitrogens with zero attached hydrogens (tertiary/aromatic N) is 1. The van der Waals surface area contributed by atoms with Crippen molar-refractivity contribution in [2.24, 2.45) is 0 Å². The number of carbonyl (C=O) groups is 4. The Morgan fingerprint density at radius 1 is 1.03 bits per heavy atom. The molecule has 0 spiro atoms. The van der Waals surface area contributed by atoms with Crippen LogP contribution in [-0.2, 0) is 19.9 Å². The number of anilines is 1. The highest BCUT2D eigenvalue weighted by Gasteiger charge is 2.52. The number of benzene rings is 2. The van der Waals surface area contributed by atoms with E-state index >= 15 is 0 Å². The van der Waals surface area contributed by atoms with Gasteiger partial charge in [0, 0.05) is 5.69 Å². The Bertz CT molecular complexity index is 1080. The molecule has 180 valence electrons. The van der Waals surface area contributed by atoms with Crippen molar-refractivity contribution in [2.75, 3.05) is 18.4 Å². The molecule has 8 nitrogen and oxygen atoms in total. The van der Waals surface area contributed by atoms with Gasteiger partial charge in [-0.3, -0.25) is 19.3 Å². The van der Waals surface area contributed by atoms with Crippen LogP contribution in [0.4, 0.5) is 14.9 Å². The molecule has 0 radical (unpaired) electrons. The number of hydrogen-bond acceptors (Lipinski definition) is 4. The lowest BCUT2D eigenvalue weighted by Crippen LogP contribution is -2.46. The van der Waals surface area contributed by atoms with E-state index in [4.69, 9.17) is 0 Å². The number of carbonyl (C=O) groups excluding carboxylic acids is 4. The fourth-order valence-corrected chi connectivity index (χ4v) is 4.03. The zero-order valence-corrected chi connectivity index (χ0v) is 19.5. The summed E-state index contributed by atoms with van der Waals surface area (Å²) in [7, 11) is 0. The van der Waals surface area contributed by atoms with E-state index in [2.05, 4.69) is 16.0 Å². The molecule has 9 heteroatoms. The van der Waals surface area contributed by atoms with Crippen LogP contribution in [0.25, 0.3) is 0 Å². The molecule has 0 aromatic heterocycles. The number of aryl methyl sites for hydroxylation is 2. The van der Waals surface area contributed by atoms with Gasteiger partial charge in [0.2, 0.25) is 11.8 Å². The van der Waals surface area contributed by atoms with E-state index in [9.17, 15) is 23.6 Å². The maximum absolute atomic E-state index is 13.4. The Hall–Kier alpha value is -3.75. The standard InChI is InChI=1S/C25H29FN4O4/c1-4-5-13-25(18-9-11-19(26)12-10-18)23(33)30(24(34)29-25)15-21(32)27-14-20(31)28-22-16(2)7-6-8-17(22)3/h6-12H,4-5,13-15H2,1-3H3,(H,27,32)(H,28,31)(H,29,34). The molecule has 1 saturated heterocycles. The van der Waals surface area contributed by atoms with Crippen LogP contribution in [0.5, 0.6) is 0 Å². The molecular formula is C25H29FN4O4. The van der Waals surface area contributed by atoms with Crippen molar-refractivity contribution in [3.05, 3.63) is 65.0 Å². The zero-order chi connectivity index (χ0) is 24.9. The average molecular weight is 469 g/mol. The van der Waals surface area contributed by atoms with Gasteiger partial charge in [0.05, 0.1) is 6.54 Å². The van der Waals surface area contributed by atoms with Crippen LogP contribution in [0.1, 0.15) is 42.9 Å². The molecule has 3 rings (SSSR count). The first-order valence-electron chi connectivity index (χ1n) is 11.2. The molecule has 1 heterocycles. The number of hydrogen-bond donors (Lipinski definition) is 3. The summed E-state index contributed by atoms with van der Waals surface area (Å²) in [5, 5.41) is 7.93. The number of nitrogens with one attached hydrogen (secondary N) is 3. The fraction of sp³-hybridized carbons (Fsp3) is 0.360. The van der Waals surface area contributed by atoms with Crippen LogP contribution >= 0.6 is 0 Å². The van der Waals surface area contributed by atoms with Crippen LogP contribution in [0.3, 0.4) is 0 Å². The number of imide groups is 1. The Morgan fingerprint density at radius 3 is 2.29 bits per heavy atom. The molecule has 1 atom stereocenters. The SMILES string of the molecule is CCCCC1(c2ccc(F)cc2)NC(=O)N(CC(=O)NCC(=O)Nc2c(C)cccc2C)C1=O. The lowest BCUT2D eigenvalue weighted by atomic mass is 9.85. The quantitative estimate of drug-likeness (QED) is 0.492. The van der Waals surface area contributed by atoms with Gasteiger partial charge >= 0.3 is 6.03 Å². The van der Waals surface area contributed by atoms with E-state index in [0.29, 0.717) is 24.1 Å². The fourth-order valence-electron chi connectivity index (χ4n) is 4.03. The van der Waals surface area contributed by atoms with Crippen molar-refractivity contribution in [3.8, 4) is 0 Å². The highest BCUT2D eigenvalue weighted by molar-refractivity contribution is 6.09. The monoisotopic (exact) mass is 468 g/mol. The Kier molecular flexibility index (Phi) is 7.65. The predicted octanol–water partition coefficient (Wildman–Crippen LogP) is 3.13. The molecule has 0 saturated carbocycles. The van der Waals surface area contributed by atoms with E-state index in [1.165, 1.54) is 24.3 Å². The number of urea groups is 1. The van der Waals surface area contributed by atoms with Gasteiger partial charge in [-0.2, -0.15) is 0 Å². The first-order chi connectivity index (χ1) is 16.2. The minimum Gasteiger partial charge on any atom is -0.345 e. The second-order valence-electron chi connectivity index (χ2n) is 8.43. The molecule has 1 aliphatic rings. The molecule has 0 aliphatic carbocycles. The number of halogens is 1. The average Bonchev–Trinajstić information content (AvgIpc) is 3.04. The van der Waals surface area contributed by atoms with Gasteiger partial charge < -0.3 is 16.0 Å². The minimum atomic E-state index is -1.36. The Balaban J connectivity index is 1.66. The minimum absolute atomic E-state index is 0.310.